The normalized spacial score (nSPS) is 22.6. The maximum Gasteiger partial charge on any atom is 0.230 e. The van der Waals surface area contributed by atoms with E-state index in [9.17, 15) is 4.79 Å². The molecule has 20 heavy (non-hydrogen) atoms. The second kappa shape index (κ2) is 5.54. The third-order valence-corrected chi connectivity index (χ3v) is 4.25. The summed E-state index contributed by atoms with van der Waals surface area (Å²) in [5.74, 6) is 1.06. The van der Waals surface area contributed by atoms with Gasteiger partial charge in [0, 0.05) is 24.6 Å². The Balaban J connectivity index is 1.74. The highest BCUT2D eigenvalue weighted by molar-refractivity contribution is 5.85. The number of carbonyl (C=O) groups excluding carboxylic acids is 1. The highest BCUT2D eigenvalue weighted by Gasteiger charge is 2.32. The summed E-state index contributed by atoms with van der Waals surface area (Å²) in [6.07, 6.45) is 2.34. The molecule has 1 aromatic rings. The minimum atomic E-state index is -0.0846. The van der Waals surface area contributed by atoms with Crippen LogP contribution < -0.4 is 4.74 Å². The molecule has 0 aromatic heterocycles. The van der Waals surface area contributed by atoms with E-state index in [1.807, 2.05) is 29.2 Å². The van der Waals surface area contributed by atoms with Crippen LogP contribution in [0.4, 0.5) is 0 Å². The molecule has 2 aliphatic heterocycles. The molecule has 1 fully saturated rings. The number of fused-ring (bicyclic) bond motifs is 1. The van der Waals surface area contributed by atoms with Crippen molar-refractivity contribution in [3.8, 4) is 11.8 Å². The number of carbonyl (C=O) groups is 1. The van der Waals surface area contributed by atoms with Gasteiger partial charge in [-0.15, -0.1) is 0 Å². The summed E-state index contributed by atoms with van der Waals surface area (Å²) in [5.41, 5.74) is 1.01. The average Bonchev–Trinajstić information content (AvgIpc) is 2.54. The molecule has 3 rings (SSSR count). The molecule has 1 atom stereocenters. The molecule has 1 unspecified atom stereocenters. The Morgan fingerprint density at radius 2 is 2.00 bits per heavy atom. The number of piperidine rings is 1. The Hall–Kier alpha value is -2.02. The number of rotatable bonds is 1. The van der Waals surface area contributed by atoms with Crippen molar-refractivity contribution in [3.05, 3.63) is 29.8 Å². The fourth-order valence-corrected chi connectivity index (χ4v) is 3.05. The second-order valence-electron chi connectivity index (χ2n) is 5.46. The van der Waals surface area contributed by atoms with Gasteiger partial charge in [-0.2, -0.15) is 5.26 Å². The van der Waals surface area contributed by atoms with E-state index in [-0.39, 0.29) is 17.7 Å². The van der Waals surface area contributed by atoms with E-state index in [1.165, 1.54) is 0 Å². The second-order valence-corrected chi connectivity index (χ2v) is 5.46. The van der Waals surface area contributed by atoms with Crippen molar-refractivity contribution in [2.75, 3.05) is 19.7 Å². The highest BCUT2D eigenvalue weighted by Crippen LogP contribution is 2.35. The minimum Gasteiger partial charge on any atom is -0.493 e. The first-order valence-corrected chi connectivity index (χ1v) is 7.19. The van der Waals surface area contributed by atoms with Crippen molar-refractivity contribution in [2.24, 2.45) is 5.92 Å². The molecule has 4 nitrogen and oxygen atoms in total. The molecule has 0 spiro atoms. The van der Waals surface area contributed by atoms with Gasteiger partial charge in [0.05, 0.1) is 18.6 Å². The number of amides is 1. The van der Waals surface area contributed by atoms with Crippen LogP contribution >= 0.6 is 0 Å². The Kier molecular flexibility index (Phi) is 3.60. The molecule has 2 aliphatic rings. The number of benzene rings is 1. The lowest BCUT2D eigenvalue weighted by atomic mass is 9.90. The Labute approximate surface area is 118 Å². The lowest BCUT2D eigenvalue weighted by molar-refractivity contribution is -0.134. The van der Waals surface area contributed by atoms with Crippen molar-refractivity contribution in [2.45, 2.75) is 25.2 Å². The fourth-order valence-electron chi connectivity index (χ4n) is 3.05. The van der Waals surface area contributed by atoms with Gasteiger partial charge in [0.2, 0.25) is 5.91 Å². The topological polar surface area (TPSA) is 53.3 Å². The third kappa shape index (κ3) is 2.36. The Morgan fingerprint density at radius 3 is 2.75 bits per heavy atom. The predicted octanol–water partition coefficient (Wildman–Crippen LogP) is 2.31. The van der Waals surface area contributed by atoms with E-state index in [2.05, 4.69) is 6.07 Å². The van der Waals surface area contributed by atoms with Crippen LogP contribution in [0.15, 0.2) is 24.3 Å². The van der Waals surface area contributed by atoms with Gasteiger partial charge in [0.25, 0.3) is 0 Å². The van der Waals surface area contributed by atoms with E-state index in [0.717, 1.165) is 30.6 Å². The number of likely N-dealkylation sites (tertiary alicyclic amines) is 1. The van der Waals surface area contributed by atoms with Crippen molar-refractivity contribution in [1.82, 2.24) is 4.90 Å². The molecule has 1 aromatic carbocycles. The number of hydrogen-bond acceptors (Lipinski definition) is 3. The van der Waals surface area contributed by atoms with E-state index in [1.54, 1.807) is 0 Å². The summed E-state index contributed by atoms with van der Waals surface area (Å²) in [4.78, 5) is 14.6. The average molecular weight is 270 g/mol. The first kappa shape index (κ1) is 13.0. The lowest BCUT2D eigenvalue weighted by Gasteiger charge is -2.34. The van der Waals surface area contributed by atoms with Gasteiger partial charge in [-0.05, 0) is 25.3 Å². The van der Waals surface area contributed by atoms with Crippen molar-refractivity contribution >= 4 is 5.91 Å². The van der Waals surface area contributed by atoms with Gasteiger partial charge in [0.1, 0.15) is 5.75 Å². The number of nitrogens with zero attached hydrogens (tertiary/aromatic N) is 2. The number of nitriles is 1. The molecular formula is C16H18N2O2. The molecule has 0 N–H and O–H groups in total. The Bertz CT molecular complexity index is 542. The van der Waals surface area contributed by atoms with Crippen LogP contribution in [0.3, 0.4) is 0 Å². The third-order valence-electron chi connectivity index (χ3n) is 4.25. The van der Waals surface area contributed by atoms with Crippen LogP contribution in [-0.4, -0.2) is 30.5 Å². The maximum absolute atomic E-state index is 12.7. The van der Waals surface area contributed by atoms with Crippen LogP contribution in [0.5, 0.6) is 5.75 Å². The quantitative estimate of drug-likeness (QED) is 0.787. The molecular weight excluding hydrogens is 252 g/mol. The predicted molar refractivity (Wildman–Crippen MR) is 74.2 cm³/mol. The summed E-state index contributed by atoms with van der Waals surface area (Å²) in [6.45, 7) is 2.01. The minimum absolute atomic E-state index is 0.0846. The summed E-state index contributed by atoms with van der Waals surface area (Å²) in [6, 6.07) is 10.1. The summed E-state index contributed by atoms with van der Waals surface area (Å²) < 4.78 is 5.61. The number of ether oxygens (including phenoxy) is 1. The zero-order valence-corrected chi connectivity index (χ0v) is 11.4. The Morgan fingerprint density at radius 1 is 1.25 bits per heavy atom. The standard InChI is InChI=1S/C16H18N2O2/c17-11-12-5-8-18(9-6-12)16(19)14-7-10-20-15-4-2-1-3-13(14)15/h1-4,12,14H,5-10H2. The fraction of sp³-hybridized carbons (Fsp3) is 0.500. The zero-order chi connectivity index (χ0) is 13.9. The zero-order valence-electron chi connectivity index (χ0n) is 11.4. The highest BCUT2D eigenvalue weighted by atomic mass is 16.5. The van der Waals surface area contributed by atoms with Gasteiger partial charge in [-0.3, -0.25) is 4.79 Å². The maximum atomic E-state index is 12.7. The van der Waals surface area contributed by atoms with Gasteiger partial charge in [-0.1, -0.05) is 18.2 Å². The molecule has 0 bridgehead atoms. The monoisotopic (exact) mass is 270 g/mol. The SMILES string of the molecule is N#CC1CCN(C(=O)C2CCOc3ccccc32)CC1. The van der Waals surface area contributed by atoms with Crippen LogP contribution in [-0.2, 0) is 4.79 Å². The lowest BCUT2D eigenvalue weighted by Crippen LogP contribution is -2.41. The van der Waals surface area contributed by atoms with Crippen LogP contribution in [0.2, 0.25) is 0 Å². The molecule has 104 valence electrons. The van der Waals surface area contributed by atoms with Gasteiger partial charge >= 0.3 is 0 Å². The largest absolute Gasteiger partial charge is 0.493 e. The van der Waals surface area contributed by atoms with E-state index >= 15 is 0 Å². The summed E-state index contributed by atoms with van der Waals surface area (Å²) in [7, 11) is 0. The number of para-hydroxylation sites is 1. The summed E-state index contributed by atoms with van der Waals surface area (Å²) in [5, 5.41) is 8.92. The number of hydrogen-bond donors (Lipinski definition) is 0. The van der Waals surface area contributed by atoms with Crippen LogP contribution in [0.25, 0.3) is 0 Å². The van der Waals surface area contributed by atoms with Gasteiger partial charge < -0.3 is 9.64 Å². The van der Waals surface area contributed by atoms with Crippen molar-refractivity contribution in [3.63, 3.8) is 0 Å². The van der Waals surface area contributed by atoms with E-state index in [4.69, 9.17) is 10.00 Å². The van der Waals surface area contributed by atoms with E-state index in [0.29, 0.717) is 19.7 Å². The molecule has 2 heterocycles. The first-order chi connectivity index (χ1) is 9.79. The van der Waals surface area contributed by atoms with Gasteiger partial charge in [0.15, 0.2) is 0 Å². The van der Waals surface area contributed by atoms with Crippen molar-refractivity contribution in [1.29, 1.82) is 5.26 Å². The van der Waals surface area contributed by atoms with E-state index < -0.39 is 0 Å². The first-order valence-electron chi connectivity index (χ1n) is 7.19. The van der Waals surface area contributed by atoms with Crippen LogP contribution in [0.1, 0.15) is 30.7 Å². The van der Waals surface area contributed by atoms with Crippen LogP contribution in [0, 0.1) is 17.2 Å². The molecule has 1 saturated heterocycles. The molecule has 0 saturated carbocycles. The molecule has 1 amide bonds. The molecule has 4 heteroatoms. The smallest absolute Gasteiger partial charge is 0.230 e. The van der Waals surface area contributed by atoms with Gasteiger partial charge in [-0.25, -0.2) is 0 Å². The van der Waals surface area contributed by atoms with Crippen molar-refractivity contribution < 1.29 is 9.53 Å². The summed E-state index contributed by atoms with van der Waals surface area (Å²) >= 11 is 0. The molecule has 0 aliphatic carbocycles. The molecule has 0 radical (unpaired) electrons.